The molecule has 0 saturated heterocycles. The van der Waals surface area contributed by atoms with Gasteiger partial charge in [0.15, 0.2) is 5.54 Å². The highest BCUT2D eigenvalue weighted by Crippen LogP contribution is 2.21. The lowest BCUT2D eigenvalue weighted by atomic mass is 10.0. The van der Waals surface area contributed by atoms with Crippen molar-refractivity contribution < 1.29 is 13.2 Å². The van der Waals surface area contributed by atoms with Crippen molar-refractivity contribution in [2.75, 3.05) is 6.61 Å². The van der Waals surface area contributed by atoms with Gasteiger partial charge in [-0.1, -0.05) is 63.2 Å². The van der Waals surface area contributed by atoms with Gasteiger partial charge >= 0.3 is 0 Å². The fourth-order valence-electron chi connectivity index (χ4n) is 2.62. The number of nitrogens with one attached hydrogen (secondary N) is 1. The number of benzene rings is 2. The highest BCUT2D eigenvalue weighted by Gasteiger charge is 2.34. The van der Waals surface area contributed by atoms with Gasteiger partial charge in [-0.25, -0.2) is 8.42 Å². The lowest BCUT2D eigenvalue weighted by Crippen LogP contribution is -2.51. The van der Waals surface area contributed by atoms with Crippen LogP contribution < -0.4 is 9.46 Å². The molecule has 0 bridgehead atoms. The van der Waals surface area contributed by atoms with Gasteiger partial charge in [0.25, 0.3) is 0 Å². The smallest absolute Gasteiger partial charge is 0.217 e. The molecule has 5 nitrogen and oxygen atoms in total. The molecule has 0 heterocycles. The van der Waals surface area contributed by atoms with E-state index in [4.69, 9.17) is 4.74 Å². The van der Waals surface area contributed by atoms with Crippen LogP contribution in [0.2, 0.25) is 0 Å². The summed E-state index contributed by atoms with van der Waals surface area (Å²) in [4.78, 5) is 0. The zero-order chi connectivity index (χ0) is 19.9. The average molecular weight is 387 g/mol. The van der Waals surface area contributed by atoms with Gasteiger partial charge in [0.05, 0.1) is 11.8 Å². The molecule has 0 aromatic heterocycles. The summed E-state index contributed by atoms with van der Waals surface area (Å²) >= 11 is 0. The van der Waals surface area contributed by atoms with Crippen LogP contribution in [0.4, 0.5) is 0 Å². The first kappa shape index (κ1) is 20.9. The van der Waals surface area contributed by atoms with Gasteiger partial charge in [-0.3, -0.25) is 0 Å². The first-order valence-corrected chi connectivity index (χ1v) is 10.6. The van der Waals surface area contributed by atoms with Crippen molar-refractivity contribution in [3.05, 3.63) is 65.7 Å². The van der Waals surface area contributed by atoms with Crippen LogP contribution in [0, 0.1) is 11.3 Å². The molecule has 0 fully saturated rings. The van der Waals surface area contributed by atoms with E-state index in [1.54, 1.807) is 31.2 Å². The number of nitrogens with zero attached hydrogens (tertiary/aromatic N) is 1. The molecule has 0 aliphatic heterocycles. The molecule has 1 N–H and O–H groups in total. The molecule has 1 atom stereocenters. The maximum Gasteiger partial charge on any atom is 0.217 e. The van der Waals surface area contributed by atoms with Gasteiger partial charge in [-0.2, -0.15) is 9.98 Å². The minimum Gasteiger partial charge on any atom is -0.491 e. The molecule has 0 spiro atoms. The van der Waals surface area contributed by atoms with Gasteiger partial charge in [0, 0.05) is 0 Å². The van der Waals surface area contributed by atoms with Crippen LogP contribution in [0.3, 0.4) is 0 Å². The predicted octanol–water partition coefficient (Wildman–Crippen LogP) is 3.98. The lowest BCUT2D eigenvalue weighted by Gasteiger charge is -2.26. The van der Waals surface area contributed by atoms with E-state index in [9.17, 15) is 13.7 Å². The Bertz CT molecular complexity index is 872. The van der Waals surface area contributed by atoms with Crippen LogP contribution in [-0.2, 0) is 15.8 Å². The van der Waals surface area contributed by atoms with Crippen LogP contribution in [0.15, 0.2) is 54.6 Å². The molecule has 0 aliphatic rings. The summed E-state index contributed by atoms with van der Waals surface area (Å²) in [7, 11) is -3.69. The maximum atomic E-state index is 12.5. The second-order valence-electron chi connectivity index (χ2n) is 6.91. The van der Waals surface area contributed by atoms with E-state index in [2.05, 4.69) is 24.6 Å². The summed E-state index contributed by atoms with van der Waals surface area (Å²) < 4.78 is 33.4. The summed E-state index contributed by atoms with van der Waals surface area (Å²) in [5.74, 6) is 0.841. The van der Waals surface area contributed by atoms with E-state index in [-0.39, 0.29) is 12.4 Å². The average Bonchev–Trinajstić information content (AvgIpc) is 2.66. The number of ether oxygens (including phenoxy) is 1. The quantitative estimate of drug-likeness (QED) is 0.707. The predicted molar refractivity (Wildman–Crippen MR) is 107 cm³/mol. The molecule has 1 unspecified atom stereocenters. The van der Waals surface area contributed by atoms with Crippen molar-refractivity contribution >= 4 is 10.0 Å². The molecule has 2 aromatic rings. The molecule has 2 aromatic carbocycles. The summed E-state index contributed by atoms with van der Waals surface area (Å²) in [6.45, 7) is 5.92. The molecule has 0 aliphatic carbocycles. The van der Waals surface area contributed by atoms with Gasteiger partial charge < -0.3 is 4.74 Å². The van der Waals surface area contributed by atoms with Gasteiger partial charge in [0.2, 0.25) is 10.0 Å². The first-order valence-electron chi connectivity index (χ1n) is 8.99. The van der Waals surface area contributed by atoms with E-state index in [1.165, 1.54) is 5.56 Å². The number of sulfonamides is 1. The molecule has 27 heavy (non-hydrogen) atoms. The Kier molecular flexibility index (Phi) is 7.00. The van der Waals surface area contributed by atoms with E-state index in [0.717, 1.165) is 0 Å². The number of nitriles is 1. The number of rotatable bonds is 9. The Labute approximate surface area is 162 Å². The van der Waals surface area contributed by atoms with Crippen LogP contribution in [0.1, 0.15) is 44.2 Å². The van der Waals surface area contributed by atoms with Crippen LogP contribution in [0.25, 0.3) is 0 Å². The van der Waals surface area contributed by atoms with Crippen LogP contribution in [-0.4, -0.2) is 20.6 Å². The topological polar surface area (TPSA) is 79.2 Å². The van der Waals surface area contributed by atoms with Crippen LogP contribution >= 0.6 is 0 Å². The van der Waals surface area contributed by atoms with E-state index in [1.807, 2.05) is 30.3 Å². The van der Waals surface area contributed by atoms with Crippen molar-refractivity contribution in [2.24, 2.45) is 0 Å². The molecule has 144 valence electrons. The fraction of sp³-hybridized carbons (Fsp3) is 0.381. The second-order valence-corrected chi connectivity index (χ2v) is 8.63. The molecular weight excluding hydrogens is 360 g/mol. The Morgan fingerprint density at radius 3 is 2.26 bits per heavy atom. The SMILES string of the molecule is CCC(C#N)(COc1ccc(C(C)C)cc1)NS(=O)(=O)Cc1ccccc1. The zero-order valence-corrected chi connectivity index (χ0v) is 16.8. The highest BCUT2D eigenvalue weighted by molar-refractivity contribution is 7.88. The van der Waals surface area contributed by atoms with Crippen molar-refractivity contribution in [2.45, 2.75) is 44.4 Å². The van der Waals surface area contributed by atoms with Crippen molar-refractivity contribution in [3.63, 3.8) is 0 Å². The van der Waals surface area contributed by atoms with Gasteiger partial charge in [-0.15, -0.1) is 0 Å². The highest BCUT2D eigenvalue weighted by atomic mass is 32.2. The van der Waals surface area contributed by atoms with Crippen molar-refractivity contribution in [1.29, 1.82) is 5.26 Å². The minimum absolute atomic E-state index is 0.0605. The largest absolute Gasteiger partial charge is 0.491 e. The Hall–Kier alpha value is -2.36. The number of hydrogen-bond acceptors (Lipinski definition) is 4. The summed E-state index contributed by atoms with van der Waals surface area (Å²) in [5.41, 5.74) is 0.538. The third kappa shape index (κ3) is 6.09. The summed E-state index contributed by atoms with van der Waals surface area (Å²) in [6, 6.07) is 18.6. The van der Waals surface area contributed by atoms with E-state index >= 15 is 0 Å². The van der Waals surface area contributed by atoms with E-state index < -0.39 is 15.6 Å². The van der Waals surface area contributed by atoms with Gasteiger partial charge in [-0.05, 0) is 35.6 Å². The monoisotopic (exact) mass is 386 g/mol. The molecular formula is C21H26N2O3S. The van der Waals surface area contributed by atoms with Gasteiger partial charge in [0.1, 0.15) is 12.4 Å². The summed E-state index contributed by atoms with van der Waals surface area (Å²) in [5, 5.41) is 9.64. The molecule has 0 amide bonds. The molecule has 0 radical (unpaired) electrons. The lowest BCUT2D eigenvalue weighted by molar-refractivity contribution is 0.236. The Morgan fingerprint density at radius 2 is 1.74 bits per heavy atom. The number of hydrogen-bond donors (Lipinski definition) is 1. The third-order valence-electron chi connectivity index (χ3n) is 4.40. The summed E-state index contributed by atoms with van der Waals surface area (Å²) in [6.07, 6.45) is 0.293. The Balaban J connectivity index is 2.08. The zero-order valence-electron chi connectivity index (χ0n) is 16.0. The van der Waals surface area contributed by atoms with Crippen molar-refractivity contribution in [3.8, 4) is 11.8 Å². The standard InChI is InChI=1S/C21H26N2O3S/c1-4-21(15-22,16-26-20-12-10-19(11-13-20)17(2)3)23-27(24,25)14-18-8-6-5-7-9-18/h5-13,17,23H,4,14,16H2,1-3H3. The fourth-order valence-corrected chi connectivity index (χ4v) is 4.17. The Morgan fingerprint density at radius 1 is 1.11 bits per heavy atom. The third-order valence-corrected chi connectivity index (χ3v) is 5.82. The van der Waals surface area contributed by atoms with Crippen molar-refractivity contribution in [1.82, 2.24) is 4.72 Å². The minimum atomic E-state index is -3.69. The maximum absolute atomic E-state index is 12.5. The normalized spacial score (nSPS) is 13.7. The van der Waals surface area contributed by atoms with Crippen LogP contribution in [0.5, 0.6) is 5.75 Å². The molecule has 2 rings (SSSR count). The molecule has 0 saturated carbocycles. The molecule has 6 heteroatoms. The first-order chi connectivity index (χ1) is 12.8. The second kappa shape index (κ2) is 9.03. The van der Waals surface area contributed by atoms with E-state index in [0.29, 0.717) is 23.7 Å².